The molecular formula is C25H24ClN3OS. The van der Waals surface area contributed by atoms with Gasteiger partial charge in [0.15, 0.2) is 5.17 Å². The van der Waals surface area contributed by atoms with Crippen molar-refractivity contribution in [3.63, 3.8) is 0 Å². The fourth-order valence-electron chi connectivity index (χ4n) is 3.81. The first-order valence-corrected chi connectivity index (χ1v) is 11.3. The van der Waals surface area contributed by atoms with E-state index in [2.05, 4.69) is 66.8 Å². The van der Waals surface area contributed by atoms with Crippen molar-refractivity contribution in [2.24, 2.45) is 4.99 Å². The monoisotopic (exact) mass is 449 g/mol. The van der Waals surface area contributed by atoms with Crippen molar-refractivity contribution in [1.29, 1.82) is 0 Å². The number of aromatic nitrogens is 1. The van der Waals surface area contributed by atoms with E-state index in [0.717, 1.165) is 33.9 Å². The van der Waals surface area contributed by atoms with Crippen molar-refractivity contribution < 1.29 is 4.79 Å². The van der Waals surface area contributed by atoms with Crippen LogP contribution in [0.5, 0.6) is 0 Å². The number of rotatable bonds is 3. The zero-order valence-corrected chi connectivity index (χ0v) is 19.8. The van der Waals surface area contributed by atoms with Crippen LogP contribution in [0.25, 0.3) is 11.8 Å². The Balaban J connectivity index is 1.67. The van der Waals surface area contributed by atoms with Gasteiger partial charge in [-0.1, -0.05) is 35.4 Å². The van der Waals surface area contributed by atoms with Crippen molar-refractivity contribution in [1.82, 2.24) is 9.88 Å². The average molecular weight is 450 g/mol. The Hall–Kier alpha value is -2.76. The number of nitrogens with zero attached hydrogens (tertiary/aromatic N) is 2. The van der Waals surface area contributed by atoms with Crippen LogP contribution in [0.4, 0.5) is 5.69 Å². The molecule has 1 aliphatic rings. The van der Waals surface area contributed by atoms with Crippen LogP contribution in [-0.4, -0.2) is 15.6 Å². The number of hydrogen-bond donors (Lipinski definition) is 1. The van der Waals surface area contributed by atoms with Crippen LogP contribution in [0, 0.1) is 34.6 Å². The summed E-state index contributed by atoms with van der Waals surface area (Å²) in [6.07, 6.45) is 1.94. The third kappa shape index (κ3) is 4.21. The number of amides is 1. The summed E-state index contributed by atoms with van der Waals surface area (Å²) in [6, 6.07) is 14.2. The summed E-state index contributed by atoms with van der Waals surface area (Å²) in [5, 5.41) is 4.08. The first-order chi connectivity index (χ1) is 14.7. The molecule has 3 aromatic rings. The van der Waals surface area contributed by atoms with E-state index in [1.54, 1.807) is 0 Å². The maximum atomic E-state index is 12.6. The number of thioether (sulfide) groups is 1. The molecule has 1 saturated heterocycles. The molecule has 0 bridgehead atoms. The van der Waals surface area contributed by atoms with Crippen molar-refractivity contribution in [3.8, 4) is 5.69 Å². The molecule has 4 nitrogen and oxygen atoms in total. The van der Waals surface area contributed by atoms with E-state index in [1.807, 2.05) is 31.2 Å². The molecule has 1 N–H and O–H groups in total. The molecule has 0 radical (unpaired) electrons. The van der Waals surface area contributed by atoms with E-state index in [-0.39, 0.29) is 5.91 Å². The van der Waals surface area contributed by atoms with Gasteiger partial charge in [0.1, 0.15) is 0 Å². The normalized spacial score (nSPS) is 16.4. The Morgan fingerprint density at radius 3 is 2.58 bits per heavy atom. The summed E-state index contributed by atoms with van der Waals surface area (Å²) < 4.78 is 2.24. The molecule has 1 aromatic heterocycles. The highest BCUT2D eigenvalue weighted by atomic mass is 35.5. The second-order valence-electron chi connectivity index (χ2n) is 7.82. The Morgan fingerprint density at radius 2 is 1.84 bits per heavy atom. The van der Waals surface area contributed by atoms with Gasteiger partial charge in [0.05, 0.1) is 10.6 Å². The zero-order valence-electron chi connectivity index (χ0n) is 18.2. The quantitative estimate of drug-likeness (QED) is 0.460. The van der Waals surface area contributed by atoms with Gasteiger partial charge in [-0.25, -0.2) is 4.99 Å². The molecule has 0 saturated carbocycles. The Labute approximate surface area is 192 Å². The molecule has 158 valence electrons. The minimum atomic E-state index is -0.139. The SMILES string of the molecule is Cc1ccc(-n2c(C)cc(/C=C3/SC(=Nc4cccc(Cl)c4C)NC3=O)c2C)c(C)c1. The van der Waals surface area contributed by atoms with Gasteiger partial charge in [0.2, 0.25) is 0 Å². The molecule has 2 heterocycles. The topological polar surface area (TPSA) is 46.4 Å². The Morgan fingerprint density at radius 1 is 1.06 bits per heavy atom. The first kappa shape index (κ1) is 21.5. The van der Waals surface area contributed by atoms with Gasteiger partial charge in [-0.3, -0.25) is 4.79 Å². The van der Waals surface area contributed by atoms with E-state index >= 15 is 0 Å². The van der Waals surface area contributed by atoms with Crippen LogP contribution >= 0.6 is 23.4 Å². The van der Waals surface area contributed by atoms with Crippen LogP contribution < -0.4 is 5.32 Å². The van der Waals surface area contributed by atoms with Gasteiger partial charge >= 0.3 is 0 Å². The summed E-state index contributed by atoms with van der Waals surface area (Å²) >= 11 is 7.54. The Bertz CT molecular complexity index is 1270. The van der Waals surface area contributed by atoms with Crippen molar-refractivity contribution >= 4 is 46.2 Å². The number of carbonyl (C=O) groups is 1. The van der Waals surface area contributed by atoms with E-state index in [0.29, 0.717) is 15.1 Å². The van der Waals surface area contributed by atoms with Gasteiger partial charge in [-0.15, -0.1) is 0 Å². The fraction of sp³-hybridized carbons (Fsp3) is 0.200. The molecule has 1 fully saturated rings. The number of nitrogens with one attached hydrogen (secondary N) is 1. The number of aliphatic imine (C=N–C) groups is 1. The number of aryl methyl sites for hydroxylation is 3. The molecule has 2 aromatic carbocycles. The highest BCUT2D eigenvalue weighted by molar-refractivity contribution is 8.18. The van der Waals surface area contributed by atoms with Crippen LogP contribution in [0.2, 0.25) is 5.02 Å². The van der Waals surface area contributed by atoms with E-state index in [4.69, 9.17) is 11.6 Å². The minimum Gasteiger partial charge on any atom is -0.318 e. The van der Waals surface area contributed by atoms with Gasteiger partial charge in [0.25, 0.3) is 5.91 Å². The lowest BCUT2D eigenvalue weighted by Crippen LogP contribution is -2.19. The zero-order chi connectivity index (χ0) is 22.3. The number of carbonyl (C=O) groups excluding carboxylic acids is 1. The first-order valence-electron chi connectivity index (χ1n) is 10.1. The summed E-state index contributed by atoms with van der Waals surface area (Å²) in [5.41, 5.74) is 8.52. The van der Waals surface area contributed by atoms with Gasteiger partial charge < -0.3 is 9.88 Å². The lowest BCUT2D eigenvalue weighted by molar-refractivity contribution is -0.115. The highest BCUT2D eigenvalue weighted by Crippen LogP contribution is 2.32. The Kier molecular flexibility index (Phi) is 5.82. The molecule has 0 spiro atoms. The molecule has 0 aliphatic carbocycles. The third-order valence-electron chi connectivity index (χ3n) is 5.46. The van der Waals surface area contributed by atoms with Crippen molar-refractivity contribution in [2.75, 3.05) is 0 Å². The smallest absolute Gasteiger partial charge is 0.264 e. The molecule has 4 rings (SSSR count). The van der Waals surface area contributed by atoms with Crippen molar-refractivity contribution in [3.05, 3.63) is 86.0 Å². The lowest BCUT2D eigenvalue weighted by Gasteiger charge is -2.13. The predicted molar refractivity (Wildman–Crippen MR) is 132 cm³/mol. The molecular weight excluding hydrogens is 426 g/mol. The molecule has 1 aliphatic heterocycles. The maximum Gasteiger partial charge on any atom is 0.264 e. The van der Waals surface area contributed by atoms with Crippen molar-refractivity contribution in [2.45, 2.75) is 34.6 Å². The fourth-order valence-corrected chi connectivity index (χ4v) is 4.80. The van der Waals surface area contributed by atoms with Crippen LogP contribution in [-0.2, 0) is 4.79 Å². The maximum absolute atomic E-state index is 12.6. The number of hydrogen-bond acceptors (Lipinski definition) is 3. The van der Waals surface area contributed by atoms with Crippen LogP contribution in [0.1, 0.15) is 33.6 Å². The molecule has 31 heavy (non-hydrogen) atoms. The summed E-state index contributed by atoms with van der Waals surface area (Å²) in [7, 11) is 0. The third-order valence-corrected chi connectivity index (χ3v) is 6.78. The average Bonchev–Trinajstić information content (AvgIpc) is 3.18. The number of benzene rings is 2. The van der Waals surface area contributed by atoms with E-state index < -0.39 is 0 Å². The molecule has 6 heteroatoms. The lowest BCUT2D eigenvalue weighted by atomic mass is 10.1. The van der Waals surface area contributed by atoms with Gasteiger partial charge in [0, 0.05) is 22.1 Å². The second kappa shape index (κ2) is 8.40. The van der Waals surface area contributed by atoms with E-state index in [9.17, 15) is 4.79 Å². The number of amidine groups is 1. The molecule has 0 unspecified atom stereocenters. The van der Waals surface area contributed by atoms with E-state index in [1.165, 1.54) is 22.9 Å². The summed E-state index contributed by atoms with van der Waals surface area (Å²) in [5.74, 6) is -0.139. The summed E-state index contributed by atoms with van der Waals surface area (Å²) in [4.78, 5) is 17.8. The van der Waals surface area contributed by atoms with Crippen LogP contribution in [0.3, 0.4) is 0 Å². The second-order valence-corrected chi connectivity index (χ2v) is 9.26. The largest absolute Gasteiger partial charge is 0.318 e. The predicted octanol–water partition coefficient (Wildman–Crippen LogP) is 6.56. The molecule has 0 atom stereocenters. The molecule has 1 amide bonds. The van der Waals surface area contributed by atoms with Gasteiger partial charge in [-0.2, -0.15) is 0 Å². The van der Waals surface area contributed by atoms with Crippen LogP contribution in [0.15, 0.2) is 52.4 Å². The van der Waals surface area contributed by atoms with Gasteiger partial charge in [-0.05, 0) is 93.4 Å². The summed E-state index contributed by atoms with van der Waals surface area (Å²) in [6.45, 7) is 10.3. The minimum absolute atomic E-state index is 0.139. The number of halogens is 1. The highest BCUT2D eigenvalue weighted by Gasteiger charge is 2.25. The standard InChI is InChI=1S/C25H24ClN3OS/c1-14-9-10-22(15(2)11-14)29-16(3)12-19(18(29)5)13-23-24(30)28-25(31-23)27-21-8-6-7-20(26)17(21)4/h6-13H,1-5H3,(H,27,28,30)/b23-13+.